The Morgan fingerprint density at radius 3 is 2.60 bits per heavy atom. The molecule has 1 N–H and O–H groups in total. The van der Waals surface area contributed by atoms with Crippen LogP contribution < -0.4 is 14.2 Å². The number of rotatable bonds is 8. The largest absolute Gasteiger partial charge is 0.497 e. The van der Waals surface area contributed by atoms with Crippen LogP contribution in [0.15, 0.2) is 59.5 Å². The second kappa shape index (κ2) is 9.46. The molecule has 0 unspecified atom stereocenters. The summed E-state index contributed by atoms with van der Waals surface area (Å²) in [5.74, 6) is -0.408. The maximum Gasteiger partial charge on any atom is 0.419 e. The predicted octanol–water partition coefficient (Wildman–Crippen LogP) is 3.32. The van der Waals surface area contributed by atoms with Crippen LogP contribution in [0.25, 0.3) is 17.0 Å². The second-order valence-corrected chi connectivity index (χ2v) is 8.85. The first-order valence-electron chi connectivity index (χ1n) is 9.94. The molecule has 9 nitrogen and oxygen atoms in total. The Morgan fingerprint density at radius 1 is 1.06 bits per heavy atom. The highest BCUT2D eigenvalue weighted by Crippen LogP contribution is 2.32. The van der Waals surface area contributed by atoms with E-state index in [1.807, 2.05) is 0 Å². The molecule has 0 fully saturated rings. The molecule has 0 saturated heterocycles. The van der Waals surface area contributed by atoms with Crippen LogP contribution in [0.5, 0.6) is 11.6 Å². The molecule has 0 amide bonds. The number of nitrogens with one attached hydrogen (secondary N) is 1. The monoisotopic (exact) mass is 511 g/mol. The van der Waals surface area contributed by atoms with Crippen LogP contribution in [-0.4, -0.2) is 48.5 Å². The molecule has 0 aliphatic carbocycles. The standard InChI is InChI=1S/C21H17F4N5O4S/c1-33-14-4-2-3-13(11-14)20-28-27-18-7-8-19(29-30(18)20)34-10-9-26-35(31,32)15-5-6-17(22)16(12-15)21(23,24)25/h2-8,11-12,26H,9-10H2,1H3. The number of hydrogen-bond acceptors (Lipinski definition) is 7. The molecule has 0 spiro atoms. The molecule has 2 aromatic heterocycles. The number of aromatic nitrogens is 4. The van der Waals surface area contributed by atoms with E-state index in [-0.39, 0.29) is 25.1 Å². The number of sulfonamides is 1. The quantitative estimate of drug-likeness (QED) is 0.286. The number of nitrogens with zero attached hydrogens (tertiary/aromatic N) is 4. The number of hydrogen-bond donors (Lipinski definition) is 1. The van der Waals surface area contributed by atoms with Crippen LogP contribution in [0, 0.1) is 5.82 Å². The molecule has 2 heterocycles. The Labute approximate surface area is 196 Å². The van der Waals surface area contributed by atoms with Gasteiger partial charge < -0.3 is 9.47 Å². The Bertz CT molecular complexity index is 1470. The molecular weight excluding hydrogens is 494 g/mol. The zero-order valence-electron chi connectivity index (χ0n) is 18.0. The zero-order valence-corrected chi connectivity index (χ0v) is 18.8. The van der Waals surface area contributed by atoms with Crippen LogP contribution >= 0.6 is 0 Å². The number of alkyl halides is 3. The topological polar surface area (TPSA) is 108 Å². The molecule has 14 heteroatoms. The lowest BCUT2D eigenvalue weighted by Crippen LogP contribution is -2.28. The van der Waals surface area contributed by atoms with Gasteiger partial charge in [-0.3, -0.25) is 0 Å². The van der Waals surface area contributed by atoms with Gasteiger partial charge in [0.1, 0.15) is 18.2 Å². The van der Waals surface area contributed by atoms with Crippen LogP contribution in [0.2, 0.25) is 0 Å². The summed E-state index contributed by atoms with van der Waals surface area (Å²) in [7, 11) is -2.81. The van der Waals surface area contributed by atoms with Crippen molar-refractivity contribution in [2.24, 2.45) is 0 Å². The SMILES string of the molecule is COc1cccc(-c2nnc3ccc(OCCNS(=O)(=O)c4ccc(F)c(C(F)(F)F)c4)nn23)c1. The van der Waals surface area contributed by atoms with E-state index >= 15 is 0 Å². The average molecular weight is 511 g/mol. The lowest BCUT2D eigenvalue weighted by molar-refractivity contribution is -0.140. The molecule has 0 atom stereocenters. The van der Waals surface area contributed by atoms with Gasteiger partial charge in [-0.15, -0.1) is 15.3 Å². The molecule has 4 rings (SSSR count). The van der Waals surface area contributed by atoms with Crippen molar-refractivity contribution in [3.63, 3.8) is 0 Å². The Kier molecular flexibility index (Phi) is 6.58. The van der Waals surface area contributed by atoms with Gasteiger partial charge in [0.2, 0.25) is 15.9 Å². The zero-order chi connectivity index (χ0) is 25.2. The highest BCUT2D eigenvalue weighted by atomic mass is 32.2. The van der Waals surface area contributed by atoms with Gasteiger partial charge in [0.15, 0.2) is 11.5 Å². The third kappa shape index (κ3) is 5.33. The van der Waals surface area contributed by atoms with Crippen molar-refractivity contribution < 1.29 is 35.5 Å². The summed E-state index contributed by atoms with van der Waals surface area (Å²) in [6.45, 7) is -0.479. The fraction of sp³-hybridized carbons (Fsp3) is 0.190. The molecule has 4 aromatic rings. The number of fused-ring (bicyclic) bond motifs is 1. The van der Waals surface area contributed by atoms with Gasteiger partial charge in [0, 0.05) is 18.2 Å². The molecule has 0 bridgehead atoms. The van der Waals surface area contributed by atoms with Crippen LogP contribution in [-0.2, 0) is 16.2 Å². The van der Waals surface area contributed by atoms with Gasteiger partial charge in [0.05, 0.1) is 17.6 Å². The minimum absolute atomic E-state index is 0.127. The van der Waals surface area contributed by atoms with E-state index in [4.69, 9.17) is 9.47 Å². The fourth-order valence-corrected chi connectivity index (χ4v) is 4.13. The van der Waals surface area contributed by atoms with Crippen LogP contribution in [0.1, 0.15) is 5.56 Å². The van der Waals surface area contributed by atoms with Crippen molar-refractivity contribution >= 4 is 15.7 Å². The van der Waals surface area contributed by atoms with E-state index in [9.17, 15) is 26.0 Å². The molecule has 2 aromatic carbocycles. The fourth-order valence-electron chi connectivity index (χ4n) is 3.09. The molecule has 0 saturated carbocycles. The summed E-state index contributed by atoms with van der Waals surface area (Å²) in [6.07, 6.45) is -5.03. The number of ether oxygens (including phenoxy) is 2. The van der Waals surface area contributed by atoms with E-state index in [1.54, 1.807) is 30.3 Å². The Morgan fingerprint density at radius 2 is 1.86 bits per heavy atom. The van der Waals surface area contributed by atoms with E-state index in [0.29, 0.717) is 28.9 Å². The van der Waals surface area contributed by atoms with Gasteiger partial charge in [-0.2, -0.15) is 17.7 Å². The van der Waals surface area contributed by atoms with Crippen molar-refractivity contribution in [1.82, 2.24) is 24.5 Å². The van der Waals surface area contributed by atoms with Crippen LogP contribution in [0.3, 0.4) is 0 Å². The summed E-state index contributed by atoms with van der Waals surface area (Å²) in [4.78, 5) is -0.724. The normalized spacial score (nSPS) is 12.1. The maximum atomic E-state index is 13.4. The smallest absolute Gasteiger partial charge is 0.419 e. The Hall–Kier alpha value is -3.78. The first-order valence-corrected chi connectivity index (χ1v) is 11.4. The average Bonchev–Trinajstić information content (AvgIpc) is 3.24. The van der Waals surface area contributed by atoms with Crippen molar-refractivity contribution in [2.75, 3.05) is 20.3 Å². The first-order chi connectivity index (χ1) is 16.6. The van der Waals surface area contributed by atoms with Crippen LogP contribution in [0.4, 0.5) is 17.6 Å². The van der Waals surface area contributed by atoms with E-state index in [2.05, 4.69) is 20.0 Å². The van der Waals surface area contributed by atoms with Gasteiger partial charge in [-0.05, 0) is 36.4 Å². The van der Waals surface area contributed by atoms with Gasteiger partial charge >= 0.3 is 6.18 Å². The van der Waals surface area contributed by atoms with E-state index in [0.717, 1.165) is 6.07 Å². The van der Waals surface area contributed by atoms with Crippen molar-refractivity contribution in [1.29, 1.82) is 0 Å². The third-order valence-corrected chi connectivity index (χ3v) is 6.22. The van der Waals surface area contributed by atoms with Gasteiger partial charge in [-0.1, -0.05) is 12.1 Å². The summed E-state index contributed by atoms with van der Waals surface area (Å²) in [6, 6.07) is 11.6. The summed E-state index contributed by atoms with van der Waals surface area (Å²) in [5, 5.41) is 12.4. The minimum atomic E-state index is -5.03. The molecular formula is C21H17F4N5O4S. The van der Waals surface area contributed by atoms with Gasteiger partial charge in [0.25, 0.3) is 0 Å². The summed E-state index contributed by atoms with van der Waals surface area (Å²) in [5.41, 5.74) is -0.547. The predicted molar refractivity (Wildman–Crippen MR) is 115 cm³/mol. The first kappa shape index (κ1) is 24.3. The highest BCUT2D eigenvalue weighted by molar-refractivity contribution is 7.89. The van der Waals surface area contributed by atoms with E-state index in [1.165, 1.54) is 17.7 Å². The van der Waals surface area contributed by atoms with Gasteiger partial charge in [-0.25, -0.2) is 17.5 Å². The molecule has 35 heavy (non-hydrogen) atoms. The number of halogens is 4. The van der Waals surface area contributed by atoms with Crippen molar-refractivity contribution in [2.45, 2.75) is 11.1 Å². The second-order valence-electron chi connectivity index (χ2n) is 7.08. The van der Waals surface area contributed by atoms with Crippen molar-refractivity contribution in [3.05, 3.63) is 66.0 Å². The lowest BCUT2D eigenvalue weighted by Gasteiger charge is -2.11. The Balaban J connectivity index is 1.44. The molecule has 184 valence electrons. The number of benzene rings is 2. The maximum absolute atomic E-state index is 13.4. The third-order valence-electron chi connectivity index (χ3n) is 4.76. The summed E-state index contributed by atoms with van der Waals surface area (Å²) >= 11 is 0. The van der Waals surface area contributed by atoms with Crippen molar-refractivity contribution in [3.8, 4) is 23.0 Å². The molecule has 0 aliphatic heterocycles. The minimum Gasteiger partial charge on any atom is -0.497 e. The van der Waals surface area contributed by atoms with E-state index < -0.39 is 32.5 Å². The number of methoxy groups -OCH3 is 1. The molecule has 0 radical (unpaired) electrons. The molecule has 0 aliphatic rings. The highest BCUT2D eigenvalue weighted by Gasteiger charge is 2.35. The lowest BCUT2D eigenvalue weighted by atomic mass is 10.2. The summed E-state index contributed by atoms with van der Waals surface area (Å²) < 4.78 is 90.9.